The molecular weight excluding hydrogens is 469 g/mol. The van der Waals surface area contributed by atoms with Crippen LogP contribution in [0.5, 0.6) is 0 Å². The second-order valence-corrected chi connectivity index (χ2v) is 10.8. The van der Waals surface area contributed by atoms with Gasteiger partial charge in [0.25, 0.3) is 0 Å². The zero-order chi connectivity index (χ0) is 23.0. The first-order valence-corrected chi connectivity index (χ1v) is 11.5. The Kier molecular flexibility index (Phi) is 7.07. The highest BCUT2D eigenvalue weighted by Crippen LogP contribution is 2.33. The fourth-order valence-corrected chi connectivity index (χ4v) is 4.41. The molecule has 0 unspecified atom stereocenters. The van der Waals surface area contributed by atoms with E-state index in [0.717, 1.165) is 17.1 Å². The maximum absolute atomic E-state index is 6.34. The average Bonchev–Trinajstić information content (AvgIpc) is 2.88. The van der Waals surface area contributed by atoms with Crippen molar-refractivity contribution in [3.05, 3.63) is 69.2 Å². The molecule has 0 spiro atoms. The van der Waals surface area contributed by atoms with Gasteiger partial charge in [-0.15, -0.1) is 0 Å². The first-order chi connectivity index (χ1) is 14.4. The van der Waals surface area contributed by atoms with E-state index in [1.165, 1.54) is 0 Å². The standard InChI is InChI=1S/C24H26Cl3N3S/c1-23(2,3)20(13-7-15-6-8-17(26)14-19(15)27)28-21-24(4,5)30(22(31)29-21)18-11-9-16(25)10-12-18/h6-14,20H,1-5H3,(H,28,29,31)/b13-7+/t20-/m1/s1. The lowest BCUT2D eigenvalue weighted by atomic mass is 9.86. The first kappa shape index (κ1) is 24.1. The molecule has 1 saturated heterocycles. The van der Waals surface area contributed by atoms with E-state index in [-0.39, 0.29) is 11.5 Å². The van der Waals surface area contributed by atoms with Crippen molar-refractivity contribution >= 4 is 69.7 Å². The molecule has 7 heteroatoms. The molecule has 0 amide bonds. The molecule has 164 valence electrons. The summed E-state index contributed by atoms with van der Waals surface area (Å²) in [7, 11) is 0. The van der Waals surface area contributed by atoms with Crippen molar-refractivity contribution in [1.82, 2.24) is 5.32 Å². The highest BCUT2D eigenvalue weighted by Gasteiger charge is 2.43. The quantitative estimate of drug-likeness (QED) is 0.442. The number of halogens is 3. The summed E-state index contributed by atoms with van der Waals surface area (Å²) < 4.78 is 0. The fraction of sp³-hybridized carbons (Fsp3) is 0.333. The van der Waals surface area contributed by atoms with E-state index >= 15 is 0 Å². The Labute approximate surface area is 205 Å². The van der Waals surface area contributed by atoms with Gasteiger partial charge >= 0.3 is 0 Å². The minimum atomic E-state index is -0.444. The molecule has 31 heavy (non-hydrogen) atoms. The molecule has 3 nitrogen and oxygen atoms in total. The zero-order valence-electron chi connectivity index (χ0n) is 18.2. The van der Waals surface area contributed by atoms with E-state index < -0.39 is 5.54 Å². The number of anilines is 1. The number of hydrogen-bond acceptors (Lipinski definition) is 2. The largest absolute Gasteiger partial charge is 0.319 e. The summed E-state index contributed by atoms with van der Waals surface area (Å²) in [5, 5.41) is 5.85. The molecule has 1 atom stereocenters. The van der Waals surface area contributed by atoms with Gasteiger partial charge in [0.1, 0.15) is 5.84 Å². The van der Waals surface area contributed by atoms with Gasteiger partial charge < -0.3 is 10.2 Å². The molecule has 0 aromatic heterocycles. The normalized spacial score (nSPS) is 18.6. The molecule has 2 aromatic rings. The summed E-state index contributed by atoms with van der Waals surface area (Å²) in [4.78, 5) is 7.17. The summed E-state index contributed by atoms with van der Waals surface area (Å²) in [5.41, 5.74) is 1.31. The highest BCUT2D eigenvalue weighted by molar-refractivity contribution is 7.80. The van der Waals surface area contributed by atoms with Crippen molar-refractivity contribution in [2.75, 3.05) is 4.90 Å². The van der Waals surface area contributed by atoms with E-state index in [4.69, 9.17) is 52.0 Å². The lowest BCUT2D eigenvalue weighted by Gasteiger charge is -2.32. The molecular formula is C24H26Cl3N3S. The van der Waals surface area contributed by atoms with Crippen LogP contribution in [0, 0.1) is 5.41 Å². The summed E-state index contributed by atoms with van der Waals surface area (Å²) >= 11 is 24.1. The maximum Gasteiger partial charge on any atom is 0.179 e. The number of nitrogens with one attached hydrogen (secondary N) is 1. The number of nitrogens with zero attached hydrogens (tertiary/aromatic N) is 2. The smallest absolute Gasteiger partial charge is 0.179 e. The Morgan fingerprint density at radius 1 is 1.03 bits per heavy atom. The Hall–Kier alpha value is -1.59. The number of thiocarbonyl (C=S) groups is 1. The topological polar surface area (TPSA) is 27.6 Å². The summed E-state index contributed by atoms with van der Waals surface area (Å²) in [5.74, 6) is 0.819. The van der Waals surface area contributed by atoms with Crippen molar-refractivity contribution in [2.24, 2.45) is 10.4 Å². The summed E-state index contributed by atoms with van der Waals surface area (Å²) in [6.45, 7) is 10.7. The van der Waals surface area contributed by atoms with Gasteiger partial charge in [-0.2, -0.15) is 0 Å². The highest BCUT2D eigenvalue weighted by atomic mass is 35.5. The monoisotopic (exact) mass is 493 g/mol. The van der Waals surface area contributed by atoms with Crippen LogP contribution in [0.25, 0.3) is 6.08 Å². The number of rotatable bonds is 4. The van der Waals surface area contributed by atoms with Crippen LogP contribution in [0.2, 0.25) is 15.1 Å². The molecule has 1 aliphatic heterocycles. The Bertz CT molecular complexity index is 1040. The van der Waals surface area contributed by atoms with Crippen LogP contribution in [-0.4, -0.2) is 22.5 Å². The molecule has 3 rings (SSSR count). The molecule has 0 aliphatic carbocycles. The van der Waals surface area contributed by atoms with Gasteiger partial charge in [0.15, 0.2) is 5.11 Å². The molecule has 0 bridgehead atoms. The lowest BCUT2D eigenvalue weighted by Crippen LogP contribution is -2.45. The Morgan fingerprint density at radius 2 is 1.65 bits per heavy atom. The average molecular weight is 495 g/mol. The van der Waals surface area contributed by atoms with Crippen LogP contribution in [0.1, 0.15) is 40.2 Å². The van der Waals surface area contributed by atoms with Crippen LogP contribution in [0.3, 0.4) is 0 Å². The van der Waals surface area contributed by atoms with Crippen LogP contribution >= 0.6 is 47.0 Å². The predicted octanol–water partition coefficient (Wildman–Crippen LogP) is 7.65. The predicted molar refractivity (Wildman–Crippen MR) is 140 cm³/mol. The van der Waals surface area contributed by atoms with Crippen molar-refractivity contribution in [3.63, 3.8) is 0 Å². The van der Waals surface area contributed by atoms with E-state index in [0.29, 0.717) is 20.2 Å². The fourth-order valence-electron chi connectivity index (χ4n) is 3.39. The van der Waals surface area contributed by atoms with E-state index in [9.17, 15) is 0 Å². The third-order valence-corrected chi connectivity index (χ3v) is 6.33. The lowest BCUT2D eigenvalue weighted by molar-refractivity contribution is 0.367. The Balaban J connectivity index is 1.96. The molecule has 2 aromatic carbocycles. The molecule has 0 saturated carbocycles. The van der Waals surface area contributed by atoms with Crippen LogP contribution in [0.15, 0.2) is 53.5 Å². The van der Waals surface area contributed by atoms with Gasteiger partial charge in [0.2, 0.25) is 0 Å². The van der Waals surface area contributed by atoms with E-state index in [2.05, 4.69) is 50.9 Å². The minimum absolute atomic E-state index is 0.103. The van der Waals surface area contributed by atoms with E-state index in [1.807, 2.05) is 42.5 Å². The van der Waals surface area contributed by atoms with Crippen LogP contribution in [0.4, 0.5) is 5.69 Å². The second-order valence-electron chi connectivity index (χ2n) is 9.11. The van der Waals surface area contributed by atoms with Gasteiger partial charge in [0.05, 0.1) is 11.6 Å². The molecule has 1 N–H and O–H groups in total. The molecule has 0 radical (unpaired) electrons. The van der Waals surface area contributed by atoms with Crippen molar-refractivity contribution < 1.29 is 0 Å². The maximum atomic E-state index is 6.34. The zero-order valence-corrected chi connectivity index (χ0v) is 21.3. The summed E-state index contributed by atoms with van der Waals surface area (Å²) in [6, 6.07) is 13.0. The second kappa shape index (κ2) is 9.11. The van der Waals surface area contributed by atoms with Gasteiger partial charge in [0, 0.05) is 20.8 Å². The van der Waals surface area contributed by atoms with Crippen molar-refractivity contribution in [3.8, 4) is 0 Å². The van der Waals surface area contributed by atoms with Crippen LogP contribution < -0.4 is 10.2 Å². The molecule has 1 fully saturated rings. The minimum Gasteiger partial charge on any atom is -0.319 e. The van der Waals surface area contributed by atoms with Crippen molar-refractivity contribution in [2.45, 2.75) is 46.2 Å². The first-order valence-electron chi connectivity index (χ1n) is 9.98. The third kappa shape index (κ3) is 5.43. The summed E-state index contributed by atoms with van der Waals surface area (Å²) in [6.07, 6.45) is 4.07. The van der Waals surface area contributed by atoms with Gasteiger partial charge in [-0.3, -0.25) is 4.99 Å². The van der Waals surface area contributed by atoms with Crippen LogP contribution in [-0.2, 0) is 0 Å². The van der Waals surface area contributed by atoms with Gasteiger partial charge in [-0.25, -0.2) is 0 Å². The SMILES string of the molecule is CC(C)(C)[C@@H](/C=C/c1ccc(Cl)cc1Cl)N=C1NC(=S)N(c2ccc(Cl)cc2)C1(C)C. The third-order valence-electron chi connectivity index (χ3n) is 5.23. The van der Waals surface area contributed by atoms with E-state index in [1.54, 1.807) is 6.07 Å². The number of aliphatic imine (C=N–C) groups is 1. The van der Waals surface area contributed by atoms with Crippen molar-refractivity contribution in [1.29, 1.82) is 0 Å². The molecule has 1 heterocycles. The van der Waals surface area contributed by atoms with Gasteiger partial charge in [-0.05, 0) is 73.4 Å². The number of benzene rings is 2. The number of amidine groups is 1. The molecule has 1 aliphatic rings. The number of hydrogen-bond donors (Lipinski definition) is 1. The van der Waals surface area contributed by atoms with Gasteiger partial charge in [-0.1, -0.05) is 73.8 Å². The Morgan fingerprint density at radius 3 is 2.23 bits per heavy atom.